The van der Waals surface area contributed by atoms with E-state index in [0.717, 1.165) is 75.5 Å². The Morgan fingerprint density at radius 3 is 0.683 bits per heavy atom. The first-order valence-electron chi connectivity index (χ1n) is 28.1. The maximum absolute atomic E-state index is 12.8. The van der Waals surface area contributed by atoms with Gasteiger partial charge in [0.2, 0.25) is 0 Å². The van der Waals surface area contributed by atoms with Gasteiger partial charge in [-0.25, -0.2) is 0 Å². The maximum atomic E-state index is 12.8. The highest BCUT2D eigenvalue weighted by Gasteiger charge is 2.19. The Kier molecular flexibility index (Phi) is 47.1. The molecule has 0 aliphatic carbocycles. The van der Waals surface area contributed by atoms with Gasteiger partial charge >= 0.3 is 17.9 Å². The normalized spacial score (nSPS) is 12.1. The molecule has 0 saturated heterocycles. The predicted molar refractivity (Wildman–Crippen MR) is 270 cm³/mol. The Bertz CT molecular complexity index is 976. The van der Waals surface area contributed by atoms with E-state index < -0.39 is 6.10 Å². The minimum Gasteiger partial charge on any atom is -0.462 e. The van der Waals surface area contributed by atoms with Gasteiger partial charge in [0.25, 0.3) is 0 Å². The van der Waals surface area contributed by atoms with Crippen LogP contribution in [0.25, 0.3) is 0 Å². The minimum atomic E-state index is -0.763. The van der Waals surface area contributed by atoms with Gasteiger partial charge in [0.15, 0.2) is 6.10 Å². The molecule has 0 N–H and O–H groups in total. The summed E-state index contributed by atoms with van der Waals surface area (Å²) in [7, 11) is 0. The molecule has 0 heterocycles. The number of carbonyl (C=O) groups excluding carboxylic acids is 3. The van der Waals surface area contributed by atoms with Crippen molar-refractivity contribution in [3.63, 3.8) is 0 Å². The molecule has 374 valence electrons. The molecule has 0 aromatic carbocycles. The molecule has 0 aromatic rings. The van der Waals surface area contributed by atoms with E-state index in [1.54, 1.807) is 0 Å². The van der Waals surface area contributed by atoms with Gasteiger partial charge in [-0.3, -0.25) is 14.4 Å². The number of esters is 3. The lowest BCUT2D eigenvalue weighted by Gasteiger charge is -2.18. The summed E-state index contributed by atoms with van der Waals surface area (Å²) in [6.45, 7) is 13.7. The van der Waals surface area contributed by atoms with Crippen LogP contribution in [0.5, 0.6) is 0 Å². The first-order chi connectivity index (χ1) is 30.6. The SMILES string of the molecule is CC(C)CCCCCCCCCCCCCCCCCCCCC(=O)OC[C@H](COC(=O)CCCCCCCCCCCC(C)C)OC(=O)CCCCCCCCCCCC(C)C. The summed E-state index contributed by atoms with van der Waals surface area (Å²) in [5.74, 6) is 1.62. The molecule has 0 bridgehead atoms. The van der Waals surface area contributed by atoms with Crippen LogP contribution in [0.3, 0.4) is 0 Å². The lowest BCUT2D eigenvalue weighted by atomic mass is 10.0. The second-order valence-corrected chi connectivity index (χ2v) is 21.0. The predicted octanol–water partition coefficient (Wildman–Crippen LogP) is 18.3. The van der Waals surface area contributed by atoms with E-state index in [0.29, 0.717) is 19.3 Å². The molecule has 63 heavy (non-hydrogen) atoms. The zero-order chi connectivity index (χ0) is 46.3. The lowest BCUT2D eigenvalue weighted by Crippen LogP contribution is -2.30. The van der Waals surface area contributed by atoms with E-state index >= 15 is 0 Å². The zero-order valence-corrected chi connectivity index (χ0v) is 43.4. The summed E-state index contributed by atoms with van der Waals surface area (Å²) < 4.78 is 16.8. The average Bonchev–Trinajstić information content (AvgIpc) is 3.24. The largest absolute Gasteiger partial charge is 0.462 e. The molecule has 0 saturated carbocycles. The van der Waals surface area contributed by atoms with Crippen LogP contribution in [0, 0.1) is 17.8 Å². The van der Waals surface area contributed by atoms with Crippen molar-refractivity contribution in [2.24, 2.45) is 17.8 Å². The van der Waals surface area contributed by atoms with Crippen LogP contribution in [-0.4, -0.2) is 37.2 Å². The quantitative estimate of drug-likeness (QED) is 0.0344. The number of unbranched alkanes of at least 4 members (excludes halogenated alkanes) is 33. The standard InChI is InChI=1S/C57H110O6/c1-51(2)43-37-31-25-19-15-13-11-9-7-8-10-12-14-16-22-28-34-40-46-55(58)61-49-54(63-57(60)48-42-36-30-24-18-21-27-33-39-45-53(5)6)50-62-56(59)47-41-35-29-23-17-20-26-32-38-44-52(3)4/h51-54H,7-50H2,1-6H3/t54-/m1/s1. The molecule has 0 aliphatic rings. The molecule has 6 heteroatoms. The molecule has 6 nitrogen and oxygen atoms in total. The fourth-order valence-corrected chi connectivity index (χ4v) is 8.65. The smallest absolute Gasteiger partial charge is 0.306 e. The van der Waals surface area contributed by atoms with E-state index in [-0.39, 0.29) is 31.1 Å². The number of hydrogen-bond acceptors (Lipinski definition) is 6. The first-order valence-corrected chi connectivity index (χ1v) is 28.1. The molecule has 0 rings (SSSR count). The summed E-state index contributed by atoms with van der Waals surface area (Å²) in [6, 6.07) is 0. The Balaban J connectivity index is 4.22. The molecule has 0 unspecified atom stereocenters. The fraction of sp³-hybridized carbons (Fsp3) is 0.947. The second kappa shape index (κ2) is 48.3. The van der Waals surface area contributed by atoms with Crippen molar-refractivity contribution >= 4 is 17.9 Å². The van der Waals surface area contributed by atoms with Crippen LogP contribution in [0.2, 0.25) is 0 Å². The van der Waals surface area contributed by atoms with Crippen LogP contribution in [-0.2, 0) is 28.6 Å². The molecule has 1 atom stereocenters. The van der Waals surface area contributed by atoms with Gasteiger partial charge in [0.05, 0.1) is 0 Å². The van der Waals surface area contributed by atoms with E-state index in [1.807, 2.05) is 0 Å². The van der Waals surface area contributed by atoms with Gasteiger partial charge in [0, 0.05) is 19.3 Å². The van der Waals surface area contributed by atoms with E-state index in [9.17, 15) is 14.4 Å². The second-order valence-electron chi connectivity index (χ2n) is 21.0. The summed E-state index contributed by atoms with van der Waals surface area (Å²) in [4.78, 5) is 38.0. The van der Waals surface area contributed by atoms with Gasteiger partial charge in [-0.05, 0) is 37.0 Å². The van der Waals surface area contributed by atoms with Gasteiger partial charge in [-0.15, -0.1) is 0 Å². The van der Waals surface area contributed by atoms with Crippen LogP contribution >= 0.6 is 0 Å². The van der Waals surface area contributed by atoms with Crippen LogP contribution in [0.15, 0.2) is 0 Å². The van der Waals surface area contributed by atoms with E-state index in [1.165, 1.54) is 193 Å². The zero-order valence-electron chi connectivity index (χ0n) is 43.4. The fourth-order valence-electron chi connectivity index (χ4n) is 8.65. The van der Waals surface area contributed by atoms with Crippen LogP contribution in [0.4, 0.5) is 0 Å². The Labute approximate surface area is 393 Å². The van der Waals surface area contributed by atoms with Gasteiger partial charge in [-0.1, -0.05) is 273 Å². The first kappa shape index (κ1) is 61.4. The average molecular weight is 892 g/mol. The van der Waals surface area contributed by atoms with E-state index in [4.69, 9.17) is 14.2 Å². The maximum Gasteiger partial charge on any atom is 0.306 e. The van der Waals surface area contributed by atoms with Crippen molar-refractivity contribution in [1.82, 2.24) is 0 Å². The van der Waals surface area contributed by atoms with Crippen LogP contribution in [0.1, 0.15) is 311 Å². The Morgan fingerprint density at radius 2 is 0.460 bits per heavy atom. The third-order valence-electron chi connectivity index (χ3n) is 12.9. The highest BCUT2D eigenvalue weighted by atomic mass is 16.6. The van der Waals surface area contributed by atoms with Crippen LogP contribution < -0.4 is 0 Å². The summed E-state index contributed by atoms with van der Waals surface area (Å²) in [6.07, 6.45) is 49.6. The third kappa shape index (κ3) is 51.3. The highest BCUT2D eigenvalue weighted by Crippen LogP contribution is 2.18. The third-order valence-corrected chi connectivity index (χ3v) is 12.9. The minimum absolute atomic E-state index is 0.0643. The van der Waals surface area contributed by atoms with Crippen molar-refractivity contribution < 1.29 is 28.6 Å². The topological polar surface area (TPSA) is 78.9 Å². The van der Waals surface area contributed by atoms with Gasteiger partial charge in [0.1, 0.15) is 13.2 Å². The molecule has 0 radical (unpaired) electrons. The number of ether oxygens (including phenoxy) is 3. The van der Waals surface area contributed by atoms with Gasteiger partial charge in [-0.2, -0.15) is 0 Å². The van der Waals surface area contributed by atoms with Crippen molar-refractivity contribution in [3.05, 3.63) is 0 Å². The number of carbonyl (C=O) groups is 3. The Hall–Kier alpha value is -1.59. The summed E-state index contributed by atoms with van der Waals surface area (Å²) >= 11 is 0. The molecular formula is C57H110O6. The van der Waals surface area contributed by atoms with Crippen molar-refractivity contribution in [2.75, 3.05) is 13.2 Å². The summed E-state index contributed by atoms with van der Waals surface area (Å²) in [5, 5.41) is 0. The lowest BCUT2D eigenvalue weighted by molar-refractivity contribution is -0.167. The Morgan fingerprint density at radius 1 is 0.270 bits per heavy atom. The highest BCUT2D eigenvalue weighted by molar-refractivity contribution is 5.71. The molecule has 0 fully saturated rings. The molecule has 0 aromatic heterocycles. The van der Waals surface area contributed by atoms with Gasteiger partial charge < -0.3 is 14.2 Å². The number of hydrogen-bond donors (Lipinski definition) is 0. The molecule has 0 aliphatic heterocycles. The molecular weight excluding hydrogens is 781 g/mol. The molecule has 0 spiro atoms. The number of rotatable bonds is 50. The monoisotopic (exact) mass is 891 g/mol. The summed E-state index contributed by atoms with van der Waals surface area (Å²) in [5.41, 5.74) is 0. The van der Waals surface area contributed by atoms with Crippen molar-refractivity contribution in [3.8, 4) is 0 Å². The van der Waals surface area contributed by atoms with Crippen molar-refractivity contribution in [2.45, 2.75) is 317 Å². The molecule has 0 amide bonds. The van der Waals surface area contributed by atoms with E-state index in [2.05, 4.69) is 41.5 Å². The van der Waals surface area contributed by atoms with Crippen molar-refractivity contribution in [1.29, 1.82) is 0 Å².